The quantitative estimate of drug-likeness (QED) is 0.423. The second-order valence-corrected chi connectivity index (χ2v) is 3.61. The van der Waals surface area contributed by atoms with E-state index in [0.717, 1.165) is 5.01 Å². The maximum Gasteiger partial charge on any atom is 0.314 e. The zero-order valence-corrected chi connectivity index (χ0v) is 7.56. The Morgan fingerprint density at radius 1 is 1.42 bits per heavy atom. The molecule has 2 aromatic rings. The molecule has 0 atom stereocenters. The van der Waals surface area contributed by atoms with E-state index in [4.69, 9.17) is 6.42 Å². The maximum absolute atomic E-state index is 5.35. The largest absolute Gasteiger partial charge is 0.314 e. The van der Waals surface area contributed by atoms with E-state index in [-0.39, 0.29) is 0 Å². The average molecular weight is 174 g/mol. The molecule has 0 saturated carbocycles. The van der Waals surface area contributed by atoms with Crippen LogP contribution >= 0.6 is 11.3 Å². The van der Waals surface area contributed by atoms with Crippen LogP contribution in [0.3, 0.4) is 0 Å². The normalized spacial score (nSPS) is 10.0. The van der Waals surface area contributed by atoms with Crippen molar-refractivity contribution in [1.82, 2.24) is 0 Å². The highest BCUT2D eigenvalue weighted by Crippen LogP contribution is 2.18. The van der Waals surface area contributed by atoms with Gasteiger partial charge >= 0.3 is 5.01 Å². The molecule has 0 unspecified atom stereocenters. The summed E-state index contributed by atoms with van der Waals surface area (Å²) in [5.41, 5.74) is 1.20. The highest BCUT2D eigenvalue weighted by atomic mass is 32.1. The highest BCUT2D eigenvalue weighted by molar-refractivity contribution is 7.18. The van der Waals surface area contributed by atoms with E-state index in [2.05, 4.69) is 18.1 Å². The lowest BCUT2D eigenvalue weighted by molar-refractivity contribution is -0.642. The van der Waals surface area contributed by atoms with Crippen LogP contribution in [0.4, 0.5) is 0 Å². The van der Waals surface area contributed by atoms with Crippen molar-refractivity contribution < 1.29 is 4.57 Å². The standard InChI is InChI=1S/C10H8NS/c1-3-10-11(2)8-6-4-5-7-9(8)12-10/h1,4-7H,2H3/q+1. The molecule has 2 rings (SSSR count). The molecule has 0 fully saturated rings. The van der Waals surface area contributed by atoms with Crippen molar-refractivity contribution in [2.45, 2.75) is 0 Å². The Hall–Kier alpha value is -1.33. The van der Waals surface area contributed by atoms with E-state index in [9.17, 15) is 0 Å². The fourth-order valence-corrected chi connectivity index (χ4v) is 2.19. The second kappa shape index (κ2) is 2.62. The first-order valence-electron chi connectivity index (χ1n) is 3.67. The van der Waals surface area contributed by atoms with E-state index in [0.29, 0.717) is 0 Å². The number of nitrogens with zero attached hydrogens (tertiary/aromatic N) is 1. The topological polar surface area (TPSA) is 3.88 Å². The summed E-state index contributed by atoms with van der Waals surface area (Å²) in [6, 6.07) is 8.21. The Kier molecular flexibility index (Phi) is 1.60. The van der Waals surface area contributed by atoms with E-state index in [1.54, 1.807) is 11.3 Å². The number of hydrogen-bond donors (Lipinski definition) is 0. The Bertz CT molecular complexity index is 462. The number of thiazole rings is 1. The first-order chi connectivity index (χ1) is 5.83. The number of fused-ring (bicyclic) bond motifs is 1. The third-order valence-corrected chi connectivity index (χ3v) is 3.01. The molecule has 1 heterocycles. The number of hydrogen-bond acceptors (Lipinski definition) is 1. The molecule has 1 aromatic heterocycles. The molecule has 0 aliphatic heterocycles. The van der Waals surface area contributed by atoms with Gasteiger partial charge in [0, 0.05) is 12.0 Å². The Morgan fingerprint density at radius 3 is 2.83 bits per heavy atom. The van der Waals surface area contributed by atoms with Gasteiger partial charge in [0.05, 0.1) is 0 Å². The van der Waals surface area contributed by atoms with Crippen molar-refractivity contribution in [3.8, 4) is 12.3 Å². The summed E-state index contributed by atoms with van der Waals surface area (Å²) in [6.07, 6.45) is 5.35. The molecule has 1 aromatic carbocycles. The Labute approximate surface area is 75.3 Å². The van der Waals surface area contributed by atoms with Gasteiger partial charge in [0.1, 0.15) is 11.7 Å². The van der Waals surface area contributed by atoms with Gasteiger partial charge < -0.3 is 0 Å². The summed E-state index contributed by atoms with van der Waals surface area (Å²) in [5, 5.41) is 0.969. The first-order valence-corrected chi connectivity index (χ1v) is 4.49. The van der Waals surface area contributed by atoms with Gasteiger partial charge in [0.15, 0.2) is 0 Å². The summed E-state index contributed by atoms with van der Waals surface area (Å²) in [7, 11) is 1.99. The summed E-state index contributed by atoms with van der Waals surface area (Å²) >= 11 is 1.65. The van der Waals surface area contributed by atoms with E-state index >= 15 is 0 Å². The van der Waals surface area contributed by atoms with Crippen LogP contribution in [-0.2, 0) is 7.05 Å². The Morgan fingerprint density at radius 2 is 2.17 bits per heavy atom. The lowest BCUT2D eigenvalue weighted by Gasteiger charge is -1.82. The molecule has 12 heavy (non-hydrogen) atoms. The van der Waals surface area contributed by atoms with E-state index in [1.165, 1.54) is 10.2 Å². The number of para-hydroxylation sites is 1. The molecule has 2 heteroatoms. The van der Waals surface area contributed by atoms with Gasteiger partial charge in [-0.15, -0.1) is 6.42 Å². The number of rotatable bonds is 0. The van der Waals surface area contributed by atoms with E-state index in [1.807, 2.05) is 23.7 Å². The second-order valence-electron chi connectivity index (χ2n) is 2.58. The zero-order chi connectivity index (χ0) is 8.55. The number of aromatic nitrogens is 1. The van der Waals surface area contributed by atoms with Gasteiger partial charge in [-0.3, -0.25) is 0 Å². The minimum absolute atomic E-state index is 0.969. The number of benzene rings is 1. The molecule has 0 bridgehead atoms. The molecular formula is C10H8NS+. The molecule has 58 valence electrons. The highest BCUT2D eigenvalue weighted by Gasteiger charge is 2.12. The molecule has 0 N–H and O–H groups in total. The zero-order valence-electron chi connectivity index (χ0n) is 6.74. The molecule has 0 aliphatic rings. The fraction of sp³-hybridized carbons (Fsp3) is 0.100. The summed E-state index contributed by atoms with van der Waals surface area (Å²) in [4.78, 5) is 0. The molecule has 0 aliphatic carbocycles. The molecule has 1 nitrogen and oxygen atoms in total. The molecule has 0 amide bonds. The van der Waals surface area contributed by atoms with Crippen LogP contribution in [0.25, 0.3) is 10.2 Å². The molecule has 0 spiro atoms. The summed E-state index contributed by atoms with van der Waals surface area (Å²) in [6.45, 7) is 0. The lowest BCUT2D eigenvalue weighted by Crippen LogP contribution is -2.29. The predicted molar refractivity (Wildman–Crippen MR) is 50.9 cm³/mol. The van der Waals surface area contributed by atoms with Crippen LogP contribution in [0.1, 0.15) is 5.01 Å². The smallest absolute Gasteiger partial charge is 0.177 e. The van der Waals surface area contributed by atoms with Crippen LogP contribution < -0.4 is 4.57 Å². The fourth-order valence-electron chi connectivity index (χ4n) is 1.23. The number of terminal acetylenes is 1. The SMILES string of the molecule is C#Cc1sc2ccccc2[n+]1C. The molecule has 0 saturated heterocycles. The van der Waals surface area contributed by atoms with Crippen LogP contribution in [0.15, 0.2) is 24.3 Å². The van der Waals surface area contributed by atoms with E-state index < -0.39 is 0 Å². The maximum atomic E-state index is 5.35. The van der Waals surface area contributed by atoms with Crippen LogP contribution in [0, 0.1) is 12.3 Å². The van der Waals surface area contributed by atoms with Crippen molar-refractivity contribution >= 4 is 21.6 Å². The van der Waals surface area contributed by atoms with Crippen LogP contribution in [-0.4, -0.2) is 0 Å². The third-order valence-electron chi connectivity index (χ3n) is 1.86. The van der Waals surface area contributed by atoms with Gasteiger partial charge in [0.25, 0.3) is 0 Å². The van der Waals surface area contributed by atoms with Gasteiger partial charge in [0.2, 0.25) is 5.52 Å². The predicted octanol–water partition coefficient (Wildman–Crippen LogP) is 1.71. The summed E-state index contributed by atoms with van der Waals surface area (Å²) < 4.78 is 3.29. The van der Waals surface area contributed by atoms with Crippen LogP contribution in [0.2, 0.25) is 0 Å². The average Bonchev–Trinajstić information content (AvgIpc) is 2.44. The third kappa shape index (κ3) is 0.910. The first kappa shape index (κ1) is 7.33. The monoisotopic (exact) mass is 174 g/mol. The van der Waals surface area contributed by atoms with Crippen molar-refractivity contribution in [1.29, 1.82) is 0 Å². The van der Waals surface area contributed by atoms with Crippen LogP contribution in [0.5, 0.6) is 0 Å². The summed E-state index contributed by atoms with van der Waals surface area (Å²) in [5.74, 6) is 2.67. The number of aryl methyl sites for hydroxylation is 1. The minimum atomic E-state index is 0.969. The Balaban J connectivity index is 2.90. The minimum Gasteiger partial charge on any atom is -0.177 e. The van der Waals surface area contributed by atoms with Crippen molar-refractivity contribution in [3.05, 3.63) is 29.3 Å². The van der Waals surface area contributed by atoms with Crippen molar-refractivity contribution in [2.24, 2.45) is 7.05 Å². The van der Waals surface area contributed by atoms with Gasteiger partial charge in [-0.05, 0) is 6.07 Å². The van der Waals surface area contributed by atoms with Gasteiger partial charge in [-0.1, -0.05) is 23.5 Å². The molecular weight excluding hydrogens is 166 g/mol. The van der Waals surface area contributed by atoms with Gasteiger partial charge in [-0.2, -0.15) is 4.57 Å². The molecule has 0 radical (unpaired) electrons. The van der Waals surface area contributed by atoms with Gasteiger partial charge in [-0.25, -0.2) is 0 Å². The van der Waals surface area contributed by atoms with Crippen molar-refractivity contribution in [3.63, 3.8) is 0 Å². The lowest BCUT2D eigenvalue weighted by atomic mass is 10.3. The van der Waals surface area contributed by atoms with Crippen molar-refractivity contribution in [2.75, 3.05) is 0 Å².